The number of aryl methyl sites for hydroxylation is 1. The maximum absolute atomic E-state index is 13.0. The lowest BCUT2D eigenvalue weighted by atomic mass is 10.0. The van der Waals surface area contributed by atoms with Gasteiger partial charge in [-0.05, 0) is 42.3 Å². The van der Waals surface area contributed by atoms with E-state index in [9.17, 15) is 4.79 Å². The number of halogens is 1. The molecule has 0 amide bonds. The van der Waals surface area contributed by atoms with Crippen LogP contribution in [-0.4, -0.2) is 29.4 Å². The quantitative estimate of drug-likeness (QED) is 0.445. The van der Waals surface area contributed by atoms with E-state index in [4.69, 9.17) is 16.7 Å². The van der Waals surface area contributed by atoms with Crippen LogP contribution in [0.3, 0.4) is 0 Å². The Kier molecular flexibility index (Phi) is 4.52. The van der Waals surface area contributed by atoms with Gasteiger partial charge in [0.15, 0.2) is 11.2 Å². The molecule has 5 aromatic rings. The minimum absolute atomic E-state index is 0.228. The van der Waals surface area contributed by atoms with Gasteiger partial charge in [0, 0.05) is 17.4 Å². The summed E-state index contributed by atoms with van der Waals surface area (Å²) >= 11 is 6.04. The predicted molar refractivity (Wildman–Crippen MR) is 116 cm³/mol. The summed E-state index contributed by atoms with van der Waals surface area (Å²) in [5.74, 6) is 0. The van der Waals surface area contributed by atoms with Crippen LogP contribution in [0.25, 0.3) is 27.8 Å². The molecule has 0 aliphatic rings. The normalized spacial score (nSPS) is 11.4. The highest BCUT2D eigenvalue weighted by atomic mass is 35.5. The molecule has 0 bridgehead atoms. The Labute approximate surface area is 176 Å². The summed E-state index contributed by atoms with van der Waals surface area (Å²) in [5, 5.41) is 14.0. The molecule has 0 N–H and O–H groups in total. The highest BCUT2D eigenvalue weighted by Gasteiger charge is 2.18. The van der Waals surface area contributed by atoms with Crippen molar-refractivity contribution in [2.45, 2.75) is 19.9 Å². The predicted octanol–water partition coefficient (Wildman–Crippen LogP) is 3.77. The van der Waals surface area contributed by atoms with Crippen LogP contribution >= 0.6 is 11.6 Å². The van der Waals surface area contributed by atoms with Crippen LogP contribution in [0, 0.1) is 0 Å². The molecule has 4 aromatic heterocycles. The molecule has 0 aliphatic carbocycles. The Bertz CT molecular complexity index is 1420. The monoisotopic (exact) mass is 416 g/mol. The number of hydrogen-bond donors (Lipinski definition) is 0. The van der Waals surface area contributed by atoms with E-state index in [1.54, 1.807) is 21.5 Å². The van der Waals surface area contributed by atoms with E-state index in [1.165, 1.54) is 0 Å². The molecule has 0 unspecified atom stereocenters. The summed E-state index contributed by atoms with van der Waals surface area (Å²) in [6.07, 6.45) is 4.17. The highest BCUT2D eigenvalue weighted by molar-refractivity contribution is 6.30. The van der Waals surface area contributed by atoms with Gasteiger partial charge in [-0.3, -0.25) is 9.78 Å². The second kappa shape index (κ2) is 7.35. The zero-order valence-corrected chi connectivity index (χ0v) is 16.9. The topological polar surface area (TPSA) is 78.0 Å². The molecule has 0 radical (unpaired) electrons. The number of hydrogen-bond acceptors (Lipinski definition) is 5. The van der Waals surface area contributed by atoms with Gasteiger partial charge < -0.3 is 4.57 Å². The average molecular weight is 417 g/mol. The van der Waals surface area contributed by atoms with Crippen molar-refractivity contribution < 1.29 is 0 Å². The number of aromatic nitrogens is 6. The molecule has 7 nitrogen and oxygen atoms in total. The summed E-state index contributed by atoms with van der Waals surface area (Å²) < 4.78 is 3.28. The van der Waals surface area contributed by atoms with Gasteiger partial charge in [0.25, 0.3) is 5.56 Å². The molecule has 0 atom stereocenters. The minimum Gasteiger partial charge on any atom is -0.307 e. The van der Waals surface area contributed by atoms with Crippen LogP contribution in [0.1, 0.15) is 18.3 Å². The minimum atomic E-state index is -0.228. The molecule has 0 aliphatic heterocycles. The largest absolute Gasteiger partial charge is 0.307 e. The van der Waals surface area contributed by atoms with Crippen LogP contribution in [0.2, 0.25) is 5.02 Å². The van der Waals surface area contributed by atoms with Gasteiger partial charge in [-0.15, -0.1) is 10.2 Å². The highest BCUT2D eigenvalue weighted by Crippen LogP contribution is 2.29. The number of fused-ring (bicyclic) bond motifs is 3. The van der Waals surface area contributed by atoms with Gasteiger partial charge in [0.2, 0.25) is 0 Å². The fourth-order valence-electron chi connectivity index (χ4n) is 3.58. The molecule has 5 rings (SSSR count). The molecule has 148 valence electrons. The SMILES string of the molecule is CCc1nn2c(nnc3c(=O)n(Cc4ccccn4)ccc32)c1-c1ccc(Cl)cc1. The number of nitrogens with zero attached hydrogens (tertiary/aromatic N) is 6. The van der Waals surface area contributed by atoms with Gasteiger partial charge in [-0.2, -0.15) is 5.10 Å². The average Bonchev–Trinajstić information content (AvgIpc) is 3.16. The van der Waals surface area contributed by atoms with Crippen LogP contribution in [0.5, 0.6) is 0 Å². The van der Waals surface area contributed by atoms with E-state index in [0.29, 0.717) is 22.7 Å². The molecular weight excluding hydrogens is 400 g/mol. The van der Waals surface area contributed by atoms with Crippen molar-refractivity contribution in [1.29, 1.82) is 0 Å². The molecule has 0 fully saturated rings. The fourth-order valence-corrected chi connectivity index (χ4v) is 3.70. The van der Waals surface area contributed by atoms with Gasteiger partial charge >= 0.3 is 0 Å². The molecular formula is C22H17ClN6O. The maximum Gasteiger partial charge on any atom is 0.280 e. The third-order valence-electron chi connectivity index (χ3n) is 5.05. The lowest BCUT2D eigenvalue weighted by molar-refractivity contribution is 0.740. The van der Waals surface area contributed by atoms with Crippen LogP contribution in [0.4, 0.5) is 0 Å². The smallest absolute Gasteiger partial charge is 0.280 e. The third kappa shape index (κ3) is 3.04. The van der Waals surface area contributed by atoms with Crippen molar-refractivity contribution in [1.82, 2.24) is 29.4 Å². The molecule has 1 aromatic carbocycles. The Morgan fingerprint density at radius 3 is 2.60 bits per heavy atom. The first-order valence-corrected chi connectivity index (χ1v) is 9.97. The van der Waals surface area contributed by atoms with Gasteiger partial charge in [-0.25, -0.2) is 4.52 Å². The summed E-state index contributed by atoms with van der Waals surface area (Å²) in [6, 6.07) is 15.0. The van der Waals surface area contributed by atoms with E-state index in [0.717, 1.165) is 28.9 Å². The Hall–Kier alpha value is -3.58. The standard InChI is InChI=1S/C22H17ClN6O/c1-2-17-19(14-6-8-15(23)9-7-14)21-26-25-20-18(29(21)27-17)10-12-28(22(20)30)13-16-5-3-4-11-24-16/h3-12H,2,13H2,1H3. The molecule has 30 heavy (non-hydrogen) atoms. The lowest BCUT2D eigenvalue weighted by Crippen LogP contribution is -2.22. The zero-order chi connectivity index (χ0) is 20.7. The summed E-state index contributed by atoms with van der Waals surface area (Å²) in [7, 11) is 0. The Balaban J connectivity index is 1.70. The summed E-state index contributed by atoms with van der Waals surface area (Å²) in [4.78, 5) is 17.3. The number of benzene rings is 1. The second-order valence-corrected chi connectivity index (χ2v) is 7.36. The van der Waals surface area contributed by atoms with E-state index in [2.05, 4.69) is 15.2 Å². The van der Waals surface area contributed by atoms with E-state index < -0.39 is 0 Å². The third-order valence-corrected chi connectivity index (χ3v) is 5.30. The summed E-state index contributed by atoms with van der Waals surface area (Å²) in [6.45, 7) is 2.40. The van der Waals surface area contributed by atoms with Crippen molar-refractivity contribution in [3.05, 3.63) is 87.7 Å². The van der Waals surface area contributed by atoms with Crippen LogP contribution in [0.15, 0.2) is 65.7 Å². The van der Waals surface area contributed by atoms with Crippen molar-refractivity contribution in [2.24, 2.45) is 0 Å². The van der Waals surface area contributed by atoms with Crippen molar-refractivity contribution in [2.75, 3.05) is 0 Å². The van der Waals surface area contributed by atoms with E-state index >= 15 is 0 Å². The zero-order valence-electron chi connectivity index (χ0n) is 16.2. The van der Waals surface area contributed by atoms with Gasteiger partial charge in [0.05, 0.1) is 23.5 Å². The van der Waals surface area contributed by atoms with Crippen LogP contribution in [-0.2, 0) is 13.0 Å². The fraction of sp³-hybridized carbons (Fsp3) is 0.136. The van der Waals surface area contributed by atoms with Crippen molar-refractivity contribution in [3.8, 4) is 11.1 Å². The van der Waals surface area contributed by atoms with Crippen molar-refractivity contribution >= 4 is 28.3 Å². The number of pyridine rings is 2. The molecule has 4 heterocycles. The first-order chi connectivity index (χ1) is 14.7. The van der Waals surface area contributed by atoms with Gasteiger partial charge in [-0.1, -0.05) is 36.7 Å². The van der Waals surface area contributed by atoms with Crippen LogP contribution < -0.4 is 5.56 Å². The molecule has 0 spiro atoms. The first-order valence-electron chi connectivity index (χ1n) is 9.59. The van der Waals surface area contributed by atoms with E-state index in [1.807, 2.05) is 55.5 Å². The first kappa shape index (κ1) is 18.4. The maximum atomic E-state index is 13.0. The van der Waals surface area contributed by atoms with E-state index in [-0.39, 0.29) is 11.1 Å². The Morgan fingerprint density at radius 1 is 1.03 bits per heavy atom. The summed E-state index contributed by atoms with van der Waals surface area (Å²) in [5.41, 5.74) is 4.83. The molecule has 0 saturated carbocycles. The molecule has 8 heteroatoms. The van der Waals surface area contributed by atoms with Crippen molar-refractivity contribution in [3.63, 3.8) is 0 Å². The lowest BCUT2D eigenvalue weighted by Gasteiger charge is -2.07. The van der Waals surface area contributed by atoms with Gasteiger partial charge in [0.1, 0.15) is 5.52 Å². The second-order valence-electron chi connectivity index (χ2n) is 6.92. The molecule has 0 saturated heterocycles. The number of rotatable bonds is 4. The Morgan fingerprint density at radius 2 is 1.87 bits per heavy atom.